The lowest BCUT2D eigenvalue weighted by Crippen LogP contribution is -2.20. The number of nitrogens with one attached hydrogen (secondary N) is 1. The van der Waals surface area contributed by atoms with Gasteiger partial charge in [-0.05, 0) is 42.5 Å². The summed E-state index contributed by atoms with van der Waals surface area (Å²) in [5.41, 5.74) is 0.180. The summed E-state index contributed by atoms with van der Waals surface area (Å²) in [5.74, 6) is -2.78. The molecule has 30 heavy (non-hydrogen) atoms. The van der Waals surface area contributed by atoms with Gasteiger partial charge < -0.3 is 4.74 Å². The van der Waals surface area contributed by atoms with Gasteiger partial charge in [0.15, 0.2) is 21.6 Å². The Morgan fingerprint density at radius 1 is 1.13 bits per heavy atom. The van der Waals surface area contributed by atoms with E-state index in [1.54, 1.807) is 0 Å². The minimum Gasteiger partial charge on any atom is -0.452 e. The number of sulfone groups is 1. The molecule has 0 atom stereocenters. The van der Waals surface area contributed by atoms with Crippen LogP contribution in [0.1, 0.15) is 10.4 Å². The van der Waals surface area contributed by atoms with Crippen molar-refractivity contribution in [1.29, 1.82) is 0 Å². The summed E-state index contributed by atoms with van der Waals surface area (Å²) in [4.78, 5) is 28.0. The number of benzene rings is 2. The Morgan fingerprint density at radius 2 is 1.83 bits per heavy atom. The number of hydrogen-bond acceptors (Lipinski definition) is 7. The highest BCUT2D eigenvalue weighted by atomic mass is 32.2. The van der Waals surface area contributed by atoms with Crippen molar-refractivity contribution in [3.05, 3.63) is 65.0 Å². The highest BCUT2D eigenvalue weighted by Gasteiger charge is 2.15. The van der Waals surface area contributed by atoms with E-state index in [-0.39, 0.29) is 26.8 Å². The van der Waals surface area contributed by atoms with Gasteiger partial charge in [0.2, 0.25) is 0 Å². The molecule has 3 aromatic rings. The molecule has 0 aliphatic carbocycles. The monoisotopic (exact) mass is 452 g/mol. The van der Waals surface area contributed by atoms with Crippen molar-refractivity contribution >= 4 is 38.2 Å². The van der Waals surface area contributed by atoms with Crippen LogP contribution in [0.3, 0.4) is 0 Å². The summed E-state index contributed by atoms with van der Waals surface area (Å²) in [5, 5.41) is 3.96. The van der Waals surface area contributed by atoms with Gasteiger partial charge in [0.25, 0.3) is 5.91 Å². The second kappa shape index (κ2) is 8.67. The van der Waals surface area contributed by atoms with Crippen LogP contribution in [0.4, 0.5) is 13.9 Å². The molecular weight excluding hydrogens is 438 g/mol. The van der Waals surface area contributed by atoms with Crippen LogP contribution >= 0.6 is 11.3 Å². The fraction of sp³-hybridized carbons (Fsp3) is 0.105. The molecule has 156 valence electrons. The third-order valence-corrected chi connectivity index (χ3v) is 5.69. The zero-order valence-corrected chi connectivity index (χ0v) is 17.0. The molecule has 0 saturated carbocycles. The van der Waals surface area contributed by atoms with Gasteiger partial charge >= 0.3 is 5.97 Å². The van der Waals surface area contributed by atoms with E-state index in [0.717, 1.165) is 35.8 Å². The lowest BCUT2D eigenvalue weighted by atomic mass is 10.1. The van der Waals surface area contributed by atoms with Crippen LogP contribution < -0.4 is 5.32 Å². The Morgan fingerprint density at radius 3 is 2.50 bits per heavy atom. The summed E-state index contributed by atoms with van der Waals surface area (Å²) < 4.78 is 54.8. The van der Waals surface area contributed by atoms with Crippen LogP contribution in [0.15, 0.2) is 52.7 Å². The predicted octanol–water partition coefficient (Wildman–Crippen LogP) is 3.29. The smallest absolute Gasteiger partial charge is 0.338 e. The van der Waals surface area contributed by atoms with E-state index in [1.165, 1.54) is 29.6 Å². The van der Waals surface area contributed by atoms with E-state index in [4.69, 9.17) is 4.74 Å². The predicted molar refractivity (Wildman–Crippen MR) is 106 cm³/mol. The molecule has 0 aliphatic heterocycles. The number of anilines is 1. The molecule has 0 unspecified atom stereocenters. The topological polar surface area (TPSA) is 102 Å². The van der Waals surface area contributed by atoms with Crippen molar-refractivity contribution in [3.8, 4) is 11.3 Å². The Balaban J connectivity index is 1.58. The number of hydrogen-bond donors (Lipinski definition) is 1. The largest absolute Gasteiger partial charge is 0.452 e. The second-order valence-electron chi connectivity index (χ2n) is 6.08. The molecule has 1 aromatic heterocycles. The third-order valence-electron chi connectivity index (χ3n) is 3.81. The molecule has 1 amide bonds. The van der Waals surface area contributed by atoms with Crippen molar-refractivity contribution < 1.29 is 31.5 Å². The Bertz CT molecular complexity index is 1210. The van der Waals surface area contributed by atoms with Crippen LogP contribution in [-0.4, -0.2) is 38.1 Å². The standard InChI is InChI=1S/C19H14F2N2O5S2/c1-30(26,27)13-5-2-11(3-6-13)18(25)28-9-17(24)23-19-22-16(10-29-19)14-8-12(20)4-7-15(14)21/h2-8,10H,9H2,1H3,(H,22,23,24). The maximum Gasteiger partial charge on any atom is 0.338 e. The van der Waals surface area contributed by atoms with Gasteiger partial charge in [-0.25, -0.2) is 27.0 Å². The number of thiazole rings is 1. The SMILES string of the molecule is CS(=O)(=O)c1ccc(C(=O)OCC(=O)Nc2nc(-c3cc(F)ccc3F)cs2)cc1. The maximum absolute atomic E-state index is 13.8. The number of carbonyl (C=O) groups excluding carboxylic acids is 2. The minimum atomic E-state index is -3.40. The molecule has 0 aliphatic rings. The number of aromatic nitrogens is 1. The molecule has 1 heterocycles. The molecule has 11 heteroatoms. The molecular formula is C19H14F2N2O5S2. The molecule has 3 rings (SSSR count). The highest BCUT2D eigenvalue weighted by Crippen LogP contribution is 2.27. The molecule has 2 aromatic carbocycles. The molecule has 0 radical (unpaired) electrons. The molecule has 1 N–H and O–H groups in total. The van der Waals surface area contributed by atoms with E-state index >= 15 is 0 Å². The second-order valence-corrected chi connectivity index (χ2v) is 8.96. The number of carbonyl (C=O) groups is 2. The van der Waals surface area contributed by atoms with Gasteiger partial charge in [-0.3, -0.25) is 10.1 Å². The van der Waals surface area contributed by atoms with Gasteiger partial charge in [0.1, 0.15) is 11.6 Å². The maximum atomic E-state index is 13.8. The first-order valence-corrected chi connectivity index (χ1v) is 11.1. The highest BCUT2D eigenvalue weighted by molar-refractivity contribution is 7.90. The van der Waals surface area contributed by atoms with E-state index in [2.05, 4.69) is 10.3 Å². The molecule has 0 saturated heterocycles. The van der Waals surface area contributed by atoms with Gasteiger partial charge in [-0.2, -0.15) is 0 Å². The van der Waals surface area contributed by atoms with E-state index in [1.807, 2.05) is 0 Å². The van der Waals surface area contributed by atoms with Crippen LogP contribution in [0.2, 0.25) is 0 Å². The summed E-state index contributed by atoms with van der Waals surface area (Å²) in [6.45, 7) is -0.615. The number of rotatable bonds is 6. The van der Waals surface area contributed by atoms with Crippen LogP contribution in [0.25, 0.3) is 11.3 Å². The van der Waals surface area contributed by atoms with Crippen molar-refractivity contribution in [2.75, 3.05) is 18.2 Å². The average molecular weight is 452 g/mol. The first-order chi connectivity index (χ1) is 14.1. The van der Waals surface area contributed by atoms with E-state index in [9.17, 15) is 26.8 Å². The lowest BCUT2D eigenvalue weighted by Gasteiger charge is -2.05. The molecule has 7 nitrogen and oxygen atoms in total. The number of amides is 1. The van der Waals surface area contributed by atoms with Crippen LogP contribution in [0.5, 0.6) is 0 Å². The third kappa shape index (κ3) is 5.24. The Kier molecular flexibility index (Phi) is 6.22. The summed E-state index contributed by atoms with van der Waals surface area (Å²) in [6, 6.07) is 8.02. The first-order valence-electron chi connectivity index (χ1n) is 8.31. The van der Waals surface area contributed by atoms with Crippen molar-refractivity contribution in [2.45, 2.75) is 4.90 Å². The van der Waals surface area contributed by atoms with Crippen molar-refractivity contribution in [1.82, 2.24) is 4.98 Å². The number of halogens is 2. The van der Waals surface area contributed by atoms with Gasteiger partial charge in [-0.1, -0.05) is 0 Å². The Hall–Kier alpha value is -3.18. The minimum absolute atomic E-state index is 0.0456. The quantitative estimate of drug-likeness (QED) is 0.576. The zero-order chi connectivity index (χ0) is 21.9. The van der Waals surface area contributed by atoms with E-state index < -0.39 is 40.0 Å². The molecule has 0 bridgehead atoms. The van der Waals surface area contributed by atoms with Crippen molar-refractivity contribution in [3.63, 3.8) is 0 Å². The van der Waals surface area contributed by atoms with E-state index in [0.29, 0.717) is 0 Å². The summed E-state index contributed by atoms with van der Waals surface area (Å²) >= 11 is 0.992. The van der Waals surface area contributed by atoms with Crippen LogP contribution in [-0.2, 0) is 19.4 Å². The average Bonchev–Trinajstić information content (AvgIpc) is 3.15. The Labute approximate surface area is 174 Å². The van der Waals surface area contributed by atoms with Gasteiger partial charge in [0.05, 0.1) is 16.2 Å². The number of nitrogens with zero attached hydrogens (tertiary/aromatic N) is 1. The van der Waals surface area contributed by atoms with Gasteiger partial charge in [0, 0.05) is 17.2 Å². The van der Waals surface area contributed by atoms with Crippen LogP contribution in [0, 0.1) is 11.6 Å². The lowest BCUT2D eigenvalue weighted by molar-refractivity contribution is -0.119. The zero-order valence-electron chi connectivity index (χ0n) is 15.4. The number of ether oxygens (including phenoxy) is 1. The summed E-state index contributed by atoms with van der Waals surface area (Å²) in [7, 11) is -3.40. The molecule has 0 fully saturated rings. The number of esters is 1. The summed E-state index contributed by atoms with van der Waals surface area (Å²) in [6.07, 6.45) is 1.04. The first kappa shape index (κ1) is 21.5. The normalized spacial score (nSPS) is 11.2. The molecule has 0 spiro atoms. The van der Waals surface area contributed by atoms with Gasteiger partial charge in [-0.15, -0.1) is 11.3 Å². The fourth-order valence-corrected chi connectivity index (χ4v) is 3.71. The van der Waals surface area contributed by atoms with Crippen molar-refractivity contribution in [2.24, 2.45) is 0 Å². The fourth-order valence-electron chi connectivity index (χ4n) is 2.36.